The summed E-state index contributed by atoms with van der Waals surface area (Å²) < 4.78 is 1.51. The van der Waals surface area contributed by atoms with Gasteiger partial charge in [-0.2, -0.15) is 14.9 Å². The van der Waals surface area contributed by atoms with Crippen molar-refractivity contribution in [3.8, 4) is 17.2 Å². The van der Waals surface area contributed by atoms with Gasteiger partial charge in [-0.1, -0.05) is 30.3 Å². The lowest BCUT2D eigenvalue weighted by molar-refractivity contribution is 0.937. The van der Waals surface area contributed by atoms with Gasteiger partial charge in [0.2, 0.25) is 0 Å². The molecule has 3 rings (SSSR count). The second-order valence-corrected chi connectivity index (χ2v) is 4.23. The van der Waals surface area contributed by atoms with Crippen LogP contribution in [-0.2, 0) is 0 Å². The molecule has 1 aromatic carbocycles. The highest BCUT2D eigenvalue weighted by atomic mass is 15.3. The Kier molecular flexibility index (Phi) is 2.43. The molecule has 0 amide bonds. The predicted octanol–water partition coefficient (Wildman–Crippen LogP) is 2.16. The number of hydrogen-bond donors (Lipinski definition) is 1. The Balaban J connectivity index is 2.35. The molecule has 0 aliphatic rings. The molecule has 0 saturated carbocycles. The van der Waals surface area contributed by atoms with Gasteiger partial charge in [-0.3, -0.25) is 0 Å². The summed E-state index contributed by atoms with van der Waals surface area (Å²) >= 11 is 0. The van der Waals surface area contributed by atoms with Gasteiger partial charge in [-0.05, 0) is 12.5 Å². The van der Waals surface area contributed by atoms with Crippen molar-refractivity contribution < 1.29 is 0 Å². The van der Waals surface area contributed by atoms with Crippen LogP contribution in [0.1, 0.15) is 11.3 Å². The summed E-state index contributed by atoms with van der Waals surface area (Å²) in [7, 11) is 0. The molecular formula is C14H11N5. The minimum atomic E-state index is 0.326. The molecule has 0 bridgehead atoms. The molecule has 0 radical (unpaired) electrons. The van der Waals surface area contributed by atoms with Crippen molar-refractivity contribution in [1.82, 2.24) is 14.6 Å². The van der Waals surface area contributed by atoms with Gasteiger partial charge in [0.15, 0.2) is 5.65 Å². The third-order valence-corrected chi connectivity index (χ3v) is 3.06. The first-order valence-corrected chi connectivity index (χ1v) is 5.81. The highest BCUT2D eigenvalue weighted by Gasteiger charge is 2.14. The zero-order chi connectivity index (χ0) is 13.4. The zero-order valence-corrected chi connectivity index (χ0v) is 10.3. The van der Waals surface area contributed by atoms with E-state index in [1.807, 2.05) is 30.3 Å². The number of rotatable bonds is 1. The summed E-state index contributed by atoms with van der Waals surface area (Å²) in [6.07, 6.45) is 1.72. The van der Waals surface area contributed by atoms with Crippen LogP contribution in [0, 0.1) is 18.3 Å². The van der Waals surface area contributed by atoms with E-state index in [0.29, 0.717) is 22.7 Å². The minimum Gasteiger partial charge on any atom is -0.382 e. The van der Waals surface area contributed by atoms with Crippen molar-refractivity contribution in [3.63, 3.8) is 0 Å². The van der Waals surface area contributed by atoms with E-state index < -0.39 is 0 Å². The Hall–Kier alpha value is -2.87. The fourth-order valence-corrected chi connectivity index (χ4v) is 2.09. The van der Waals surface area contributed by atoms with Crippen LogP contribution in [0.3, 0.4) is 0 Å². The van der Waals surface area contributed by atoms with E-state index in [4.69, 9.17) is 11.0 Å². The molecular weight excluding hydrogens is 238 g/mol. The topological polar surface area (TPSA) is 80.0 Å². The van der Waals surface area contributed by atoms with E-state index in [1.54, 1.807) is 13.1 Å². The summed E-state index contributed by atoms with van der Waals surface area (Å²) in [6.45, 7) is 1.77. The Labute approximate surface area is 109 Å². The lowest BCUT2D eigenvalue weighted by Crippen LogP contribution is -2.05. The van der Waals surface area contributed by atoms with E-state index in [9.17, 15) is 0 Å². The van der Waals surface area contributed by atoms with Crippen molar-refractivity contribution in [1.29, 1.82) is 5.26 Å². The molecule has 0 fully saturated rings. The van der Waals surface area contributed by atoms with Crippen LogP contribution >= 0.6 is 0 Å². The summed E-state index contributed by atoms with van der Waals surface area (Å²) in [5.41, 5.74) is 9.54. The zero-order valence-electron chi connectivity index (χ0n) is 10.3. The van der Waals surface area contributed by atoms with Gasteiger partial charge in [0.1, 0.15) is 17.5 Å². The van der Waals surface area contributed by atoms with Gasteiger partial charge in [-0.25, -0.2) is 4.98 Å². The van der Waals surface area contributed by atoms with Gasteiger partial charge in [0, 0.05) is 5.56 Å². The minimum absolute atomic E-state index is 0.326. The Morgan fingerprint density at radius 2 is 2.00 bits per heavy atom. The van der Waals surface area contributed by atoms with Crippen molar-refractivity contribution in [2.75, 3.05) is 5.73 Å². The highest BCUT2D eigenvalue weighted by molar-refractivity contribution is 5.78. The normalized spacial score (nSPS) is 10.5. The number of fused-ring (bicyclic) bond motifs is 1. The smallest absolute Gasteiger partial charge is 0.165 e. The standard InChI is InChI=1S/C14H11N5/c1-9-11(7-15)13(16)19-14(18-9)12(8-17-19)10-5-3-2-4-6-10/h2-6,8H,16H2,1H3. The van der Waals surface area contributed by atoms with Crippen molar-refractivity contribution in [2.45, 2.75) is 6.92 Å². The lowest BCUT2D eigenvalue weighted by Gasteiger charge is -2.05. The fourth-order valence-electron chi connectivity index (χ4n) is 2.09. The SMILES string of the molecule is Cc1nc2c(-c3ccccc3)cnn2c(N)c1C#N. The molecule has 0 aliphatic carbocycles. The molecule has 2 N–H and O–H groups in total. The van der Waals surface area contributed by atoms with Crippen LogP contribution in [0.25, 0.3) is 16.8 Å². The van der Waals surface area contributed by atoms with Crippen LogP contribution < -0.4 is 5.73 Å². The van der Waals surface area contributed by atoms with Crippen LogP contribution in [-0.4, -0.2) is 14.6 Å². The third-order valence-electron chi connectivity index (χ3n) is 3.06. The molecule has 5 heteroatoms. The largest absolute Gasteiger partial charge is 0.382 e. The van der Waals surface area contributed by atoms with Gasteiger partial charge in [0.25, 0.3) is 0 Å². The average Bonchev–Trinajstić information content (AvgIpc) is 2.84. The fraction of sp³-hybridized carbons (Fsp3) is 0.0714. The van der Waals surface area contributed by atoms with Crippen LogP contribution in [0.4, 0.5) is 5.82 Å². The highest BCUT2D eigenvalue weighted by Crippen LogP contribution is 2.26. The van der Waals surface area contributed by atoms with E-state index >= 15 is 0 Å². The first-order chi connectivity index (χ1) is 9.22. The molecule has 3 aromatic rings. The number of nitrogens with two attached hydrogens (primary N) is 1. The van der Waals surface area contributed by atoms with Crippen LogP contribution in [0.2, 0.25) is 0 Å². The summed E-state index contributed by atoms with van der Waals surface area (Å²) in [4.78, 5) is 4.44. The quantitative estimate of drug-likeness (QED) is 0.716. The maximum atomic E-state index is 9.07. The van der Waals surface area contributed by atoms with Crippen molar-refractivity contribution in [2.24, 2.45) is 0 Å². The van der Waals surface area contributed by atoms with E-state index in [2.05, 4.69) is 16.2 Å². The molecule has 2 aromatic heterocycles. The molecule has 0 unspecified atom stereocenters. The second-order valence-electron chi connectivity index (χ2n) is 4.23. The summed E-state index contributed by atoms with van der Waals surface area (Å²) in [5, 5.41) is 13.3. The molecule has 19 heavy (non-hydrogen) atoms. The Morgan fingerprint density at radius 3 is 2.68 bits per heavy atom. The first kappa shape index (κ1) is 11.2. The number of aryl methyl sites for hydroxylation is 1. The lowest BCUT2D eigenvalue weighted by atomic mass is 10.1. The maximum Gasteiger partial charge on any atom is 0.165 e. The summed E-state index contributed by atoms with van der Waals surface area (Å²) in [5.74, 6) is 0.326. The van der Waals surface area contributed by atoms with Crippen molar-refractivity contribution >= 4 is 11.5 Å². The van der Waals surface area contributed by atoms with E-state index in [-0.39, 0.29) is 0 Å². The summed E-state index contributed by atoms with van der Waals surface area (Å²) in [6, 6.07) is 11.9. The number of benzene rings is 1. The van der Waals surface area contributed by atoms with Gasteiger partial charge < -0.3 is 5.73 Å². The average molecular weight is 249 g/mol. The molecule has 2 heterocycles. The van der Waals surface area contributed by atoms with Gasteiger partial charge in [-0.15, -0.1) is 0 Å². The number of nitrogens with zero attached hydrogens (tertiary/aromatic N) is 4. The number of nitrogen functional groups attached to an aromatic ring is 1. The first-order valence-electron chi connectivity index (χ1n) is 5.81. The van der Waals surface area contributed by atoms with Gasteiger partial charge >= 0.3 is 0 Å². The number of aromatic nitrogens is 3. The maximum absolute atomic E-state index is 9.07. The van der Waals surface area contributed by atoms with Crippen LogP contribution in [0.15, 0.2) is 36.5 Å². The van der Waals surface area contributed by atoms with E-state index in [1.165, 1.54) is 4.52 Å². The molecule has 92 valence electrons. The number of hydrogen-bond acceptors (Lipinski definition) is 4. The molecule has 0 atom stereocenters. The Morgan fingerprint density at radius 1 is 1.26 bits per heavy atom. The van der Waals surface area contributed by atoms with Crippen LogP contribution in [0.5, 0.6) is 0 Å². The molecule has 0 aliphatic heterocycles. The monoisotopic (exact) mass is 249 g/mol. The predicted molar refractivity (Wildman–Crippen MR) is 72.3 cm³/mol. The van der Waals surface area contributed by atoms with E-state index in [0.717, 1.165) is 11.1 Å². The van der Waals surface area contributed by atoms with Crippen molar-refractivity contribution in [3.05, 3.63) is 47.8 Å². The third kappa shape index (κ3) is 1.62. The van der Waals surface area contributed by atoms with Gasteiger partial charge in [0.05, 0.1) is 11.9 Å². The molecule has 0 saturated heterocycles. The second kappa shape index (κ2) is 4.10. The molecule has 0 spiro atoms. The number of anilines is 1. The Bertz CT molecular complexity index is 796. The molecule has 5 nitrogen and oxygen atoms in total. The number of nitriles is 1.